The van der Waals surface area contributed by atoms with Crippen LogP contribution in [-0.4, -0.2) is 35.5 Å². The van der Waals surface area contributed by atoms with Crippen LogP contribution in [0.4, 0.5) is 8.78 Å². The van der Waals surface area contributed by atoms with Crippen molar-refractivity contribution in [1.29, 1.82) is 0 Å². The highest BCUT2D eigenvalue weighted by Gasteiger charge is 2.40. The number of halogens is 2. The maximum absolute atomic E-state index is 13.5. The Kier molecular flexibility index (Phi) is 4.13. The second kappa shape index (κ2) is 5.95. The lowest BCUT2D eigenvalue weighted by molar-refractivity contribution is 0.188. The molecule has 1 aromatic heterocycles. The SMILES string of the molecule is O=S(=O)(c1cccnc1)N1C[C@H](O)C[C@H]1c1ccc(F)c(F)c1. The van der Waals surface area contributed by atoms with E-state index in [2.05, 4.69) is 4.98 Å². The minimum Gasteiger partial charge on any atom is -0.392 e. The largest absolute Gasteiger partial charge is 0.392 e. The van der Waals surface area contributed by atoms with Crippen molar-refractivity contribution in [3.63, 3.8) is 0 Å². The van der Waals surface area contributed by atoms with Gasteiger partial charge in [0.25, 0.3) is 0 Å². The Morgan fingerprint density at radius 1 is 1.22 bits per heavy atom. The first kappa shape index (κ1) is 16.0. The van der Waals surface area contributed by atoms with Crippen molar-refractivity contribution in [2.24, 2.45) is 0 Å². The zero-order chi connectivity index (χ0) is 16.6. The first-order valence-electron chi connectivity index (χ1n) is 6.94. The molecule has 1 fully saturated rings. The molecule has 0 bridgehead atoms. The maximum Gasteiger partial charge on any atom is 0.245 e. The number of nitrogens with zero attached hydrogens (tertiary/aromatic N) is 2. The van der Waals surface area contributed by atoms with E-state index in [0.717, 1.165) is 16.4 Å². The third kappa shape index (κ3) is 2.97. The number of aliphatic hydroxyl groups is 1. The second-order valence-electron chi connectivity index (χ2n) is 5.34. The number of pyridine rings is 1. The molecule has 2 heterocycles. The van der Waals surface area contributed by atoms with Gasteiger partial charge in [-0.3, -0.25) is 4.98 Å². The number of rotatable bonds is 3. The predicted molar refractivity (Wildman–Crippen MR) is 77.9 cm³/mol. The summed E-state index contributed by atoms with van der Waals surface area (Å²) in [6.07, 6.45) is 1.90. The molecule has 0 amide bonds. The third-order valence-electron chi connectivity index (χ3n) is 3.80. The van der Waals surface area contributed by atoms with Gasteiger partial charge < -0.3 is 5.11 Å². The first-order valence-corrected chi connectivity index (χ1v) is 8.38. The van der Waals surface area contributed by atoms with Gasteiger partial charge in [-0.05, 0) is 36.2 Å². The molecule has 1 aliphatic rings. The van der Waals surface area contributed by atoms with Crippen molar-refractivity contribution < 1.29 is 22.3 Å². The van der Waals surface area contributed by atoms with E-state index in [1.54, 1.807) is 0 Å². The van der Waals surface area contributed by atoms with Gasteiger partial charge in [-0.25, -0.2) is 17.2 Å². The van der Waals surface area contributed by atoms with Crippen LogP contribution in [0.15, 0.2) is 47.6 Å². The summed E-state index contributed by atoms with van der Waals surface area (Å²) in [5.41, 5.74) is 0.299. The van der Waals surface area contributed by atoms with E-state index >= 15 is 0 Å². The van der Waals surface area contributed by atoms with Gasteiger partial charge in [0, 0.05) is 18.9 Å². The summed E-state index contributed by atoms with van der Waals surface area (Å²) in [4.78, 5) is 3.77. The normalized spacial score (nSPS) is 22.4. The van der Waals surface area contributed by atoms with Gasteiger partial charge in [-0.1, -0.05) is 6.07 Å². The van der Waals surface area contributed by atoms with Crippen LogP contribution in [0.2, 0.25) is 0 Å². The molecule has 1 saturated heterocycles. The molecule has 0 saturated carbocycles. The Morgan fingerprint density at radius 3 is 2.65 bits per heavy atom. The van der Waals surface area contributed by atoms with E-state index in [0.29, 0.717) is 5.56 Å². The van der Waals surface area contributed by atoms with Crippen molar-refractivity contribution in [3.8, 4) is 0 Å². The Balaban J connectivity index is 2.01. The van der Waals surface area contributed by atoms with E-state index in [-0.39, 0.29) is 17.9 Å². The van der Waals surface area contributed by atoms with E-state index in [9.17, 15) is 22.3 Å². The van der Waals surface area contributed by atoms with Gasteiger partial charge in [0.1, 0.15) is 4.90 Å². The summed E-state index contributed by atoms with van der Waals surface area (Å²) in [7, 11) is -3.90. The molecule has 0 unspecified atom stereocenters. The number of aliphatic hydroxyl groups excluding tert-OH is 1. The van der Waals surface area contributed by atoms with Crippen LogP contribution >= 0.6 is 0 Å². The highest BCUT2D eigenvalue weighted by molar-refractivity contribution is 7.89. The lowest BCUT2D eigenvalue weighted by Gasteiger charge is -2.24. The molecule has 1 aromatic carbocycles. The number of sulfonamides is 1. The van der Waals surface area contributed by atoms with Gasteiger partial charge >= 0.3 is 0 Å². The van der Waals surface area contributed by atoms with Crippen molar-refractivity contribution >= 4 is 10.0 Å². The standard InChI is InChI=1S/C15H14F2N2O3S/c16-13-4-3-10(6-14(13)17)15-7-11(20)9-19(15)23(21,22)12-2-1-5-18-8-12/h1-6,8,11,15,20H,7,9H2/t11-,15+/m1/s1. The number of benzene rings is 1. The molecule has 1 N–H and O–H groups in total. The Hall–Kier alpha value is -1.90. The second-order valence-corrected chi connectivity index (χ2v) is 7.23. The molecule has 2 atom stereocenters. The molecule has 0 aliphatic carbocycles. The first-order chi connectivity index (χ1) is 10.9. The molecule has 1 aliphatic heterocycles. The molecule has 2 aromatic rings. The summed E-state index contributed by atoms with van der Waals surface area (Å²) in [6, 6.07) is 5.37. The fourth-order valence-electron chi connectivity index (χ4n) is 2.71. The number of aromatic nitrogens is 1. The van der Waals surface area contributed by atoms with Crippen LogP contribution in [0.5, 0.6) is 0 Å². The highest BCUT2D eigenvalue weighted by atomic mass is 32.2. The molecule has 3 rings (SSSR count). The number of β-amino-alcohol motifs (C(OH)–C–C–N with tert-alkyl or cyclic N) is 1. The average molecular weight is 340 g/mol. The van der Waals surface area contributed by atoms with Gasteiger partial charge in [0.15, 0.2) is 11.6 Å². The van der Waals surface area contributed by atoms with Gasteiger partial charge in [0.05, 0.1) is 12.1 Å². The van der Waals surface area contributed by atoms with Crippen LogP contribution in [0, 0.1) is 11.6 Å². The Bertz CT molecular complexity index is 815. The van der Waals surface area contributed by atoms with Gasteiger partial charge in [-0.15, -0.1) is 0 Å². The van der Waals surface area contributed by atoms with Crippen LogP contribution in [0.3, 0.4) is 0 Å². The molecule has 0 spiro atoms. The van der Waals surface area contributed by atoms with Crippen LogP contribution in [0.1, 0.15) is 18.0 Å². The molecular formula is C15H14F2N2O3S. The van der Waals surface area contributed by atoms with Crippen molar-refractivity contribution in [1.82, 2.24) is 9.29 Å². The maximum atomic E-state index is 13.5. The molecular weight excluding hydrogens is 326 g/mol. The summed E-state index contributed by atoms with van der Waals surface area (Å²) >= 11 is 0. The van der Waals surface area contributed by atoms with E-state index in [1.807, 2.05) is 0 Å². The third-order valence-corrected chi connectivity index (χ3v) is 5.66. The van der Waals surface area contributed by atoms with Crippen molar-refractivity contribution in [2.45, 2.75) is 23.5 Å². The Labute approximate surface area is 132 Å². The topological polar surface area (TPSA) is 70.5 Å². The Morgan fingerprint density at radius 2 is 2.00 bits per heavy atom. The fraction of sp³-hybridized carbons (Fsp3) is 0.267. The van der Waals surface area contributed by atoms with E-state index in [1.165, 1.54) is 30.6 Å². The molecule has 122 valence electrons. The van der Waals surface area contributed by atoms with Crippen molar-refractivity contribution in [3.05, 3.63) is 59.9 Å². The quantitative estimate of drug-likeness (QED) is 0.926. The van der Waals surface area contributed by atoms with Crippen LogP contribution in [-0.2, 0) is 10.0 Å². The minimum atomic E-state index is -3.90. The van der Waals surface area contributed by atoms with E-state index < -0.39 is 33.8 Å². The van der Waals surface area contributed by atoms with Gasteiger partial charge in [-0.2, -0.15) is 4.31 Å². The lowest BCUT2D eigenvalue weighted by atomic mass is 10.0. The van der Waals surface area contributed by atoms with Crippen molar-refractivity contribution in [2.75, 3.05) is 6.54 Å². The average Bonchev–Trinajstić information content (AvgIpc) is 2.94. The van der Waals surface area contributed by atoms with Gasteiger partial charge in [0.2, 0.25) is 10.0 Å². The number of hydrogen-bond donors (Lipinski definition) is 1. The zero-order valence-electron chi connectivity index (χ0n) is 11.9. The summed E-state index contributed by atoms with van der Waals surface area (Å²) in [6.45, 7) is -0.110. The molecule has 0 radical (unpaired) electrons. The zero-order valence-corrected chi connectivity index (χ0v) is 12.7. The minimum absolute atomic E-state index is 0.0123. The highest BCUT2D eigenvalue weighted by Crippen LogP contribution is 2.36. The number of hydrogen-bond acceptors (Lipinski definition) is 4. The molecule has 5 nitrogen and oxygen atoms in total. The predicted octanol–water partition coefficient (Wildman–Crippen LogP) is 1.86. The monoisotopic (exact) mass is 340 g/mol. The van der Waals surface area contributed by atoms with Crippen LogP contribution < -0.4 is 0 Å². The lowest BCUT2D eigenvalue weighted by Crippen LogP contribution is -2.32. The van der Waals surface area contributed by atoms with Crippen LogP contribution in [0.25, 0.3) is 0 Å². The van der Waals surface area contributed by atoms with E-state index in [4.69, 9.17) is 0 Å². The summed E-state index contributed by atoms with van der Waals surface area (Å²) in [5, 5.41) is 9.88. The molecule has 8 heteroatoms. The smallest absolute Gasteiger partial charge is 0.245 e. The molecule has 23 heavy (non-hydrogen) atoms. The fourth-order valence-corrected chi connectivity index (χ4v) is 4.33. The summed E-state index contributed by atoms with van der Waals surface area (Å²) < 4.78 is 53.1. The summed E-state index contributed by atoms with van der Waals surface area (Å²) in [5.74, 6) is -2.06.